The normalized spacial score (nSPS) is 20.2. The summed E-state index contributed by atoms with van der Waals surface area (Å²) in [6, 6.07) is 16.4. The van der Waals surface area contributed by atoms with Gasteiger partial charge in [-0.2, -0.15) is 0 Å². The number of pyridine rings is 1. The zero-order chi connectivity index (χ0) is 26.8. The monoisotopic (exact) mass is 527 g/mol. The minimum atomic E-state index is -0.0338. The Morgan fingerprint density at radius 1 is 0.974 bits per heavy atom. The van der Waals surface area contributed by atoms with Crippen LogP contribution in [0.2, 0.25) is 5.02 Å². The number of fused-ring (bicyclic) bond motifs is 2. The first kappa shape index (κ1) is 26.2. The van der Waals surface area contributed by atoms with E-state index in [0.29, 0.717) is 23.4 Å². The molecular weight excluding hydrogens is 494 g/mol. The fourth-order valence-corrected chi connectivity index (χ4v) is 6.16. The van der Waals surface area contributed by atoms with Gasteiger partial charge in [-0.25, -0.2) is 0 Å². The van der Waals surface area contributed by atoms with Crippen LogP contribution < -0.4 is 9.80 Å². The molecule has 3 aromatic rings. The van der Waals surface area contributed by atoms with Gasteiger partial charge < -0.3 is 9.80 Å². The predicted octanol–water partition coefficient (Wildman–Crippen LogP) is 7.04. The summed E-state index contributed by atoms with van der Waals surface area (Å²) in [4.78, 5) is 33.7. The van der Waals surface area contributed by atoms with Crippen LogP contribution in [0.4, 0.5) is 11.4 Å². The maximum absolute atomic E-state index is 14.0. The van der Waals surface area contributed by atoms with Gasteiger partial charge >= 0.3 is 0 Å². The summed E-state index contributed by atoms with van der Waals surface area (Å²) in [7, 11) is 4.05. The Morgan fingerprint density at radius 3 is 2.37 bits per heavy atom. The van der Waals surface area contributed by atoms with Crippen LogP contribution in [-0.4, -0.2) is 30.8 Å². The van der Waals surface area contributed by atoms with Crippen LogP contribution in [0, 0.1) is 17.8 Å². The van der Waals surface area contributed by atoms with Crippen LogP contribution in [0.1, 0.15) is 43.7 Å². The first-order chi connectivity index (χ1) is 18.3. The number of benzene rings is 2. The highest BCUT2D eigenvalue weighted by Gasteiger charge is 2.44. The molecule has 2 aliphatic rings. The molecule has 6 heteroatoms. The maximum Gasteiger partial charge on any atom is 0.230 e. The van der Waals surface area contributed by atoms with E-state index in [1.807, 2.05) is 37.2 Å². The summed E-state index contributed by atoms with van der Waals surface area (Å²) in [6.45, 7) is 1.88. The molecule has 2 fully saturated rings. The van der Waals surface area contributed by atoms with E-state index in [4.69, 9.17) is 11.6 Å². The number of halogens is 1. The molecule has 0 unspecified atom stereocenters. The van der Waals surface area contributed by atoms with Crippen LogP contribution in [0.3, 0.4) is 0 Å². The second kappa shape index (κ2) is 11.1. The van der Waals surface area contributed by atoms with Crippen molar-refractivity contribution < 1.29 is 9.59 Å². The molecule has 196 valence electrons. The average Bonchev–Trinajstić information content (AvgIpc) is 3.55. The number of hydrogen-bond donors (Lipinski definition) is 0. The third-order valence-corrected chi connectivity index (χ3v) is 8.34. The summed E-state index contributed by atoms with van der Waals surface area (Å²) < 4.78 is 0. The molecular formula is C32H34ClN3O2. The molecule has 0 radical (unpaired) electrons. The number of amides is 1. The Balaban J connectivity index is 1.44. The lowest BCUT2D eigenvalue weighted by Gasteiger charge is -2.30. The van der Waals surface area contributed by atoms with Gasteiger partial charge in [0.1, 0.15) is 0 Å². The molecule has 1 amide bonds. The van der Waals surface area contributed by atoms with Crippen molar-refractivity contribution in [3.05, 3.63) is 83.2 Å². The maximum atomic E-state index is 14.0. The predicted molar refractivity (Wildman–Crippen MR) is 155 cm³/mol. The van der Waals surface area contributed by atoms with Crippen molar-refractivity contribution in [1.82, 2.24) is 4.98 Å². The number of aromatic nitrogens is 1. The van der Waals surface area contributed by atoms with Gasteiger partial charge in [0, 0.05) is 36.9 Å². The van der Waals surface area contributed by atoms with Gasteiger partial charge in [-0.3, -0.25) is 14.6 Å². The lowest BCUT2D eigenvalue weighted by atomic mass is 9.87. The van der Waals surface area contributed by atoms with Crippen LogP contribution in [0.5, 0.6) is 0 Å². The van der Waals surface area contributed by atoms with Crippen molar-refractivity contribution >= 4 is 40.7 Å². The summed E-state index contributed by atoms with van der Waals surface area (Å²) in [5.41, 5.74) is 5.66. The van der Waals surface area contributed by atoms with E-state index >= 15 is 0 Å². The van der Waals surface area contributed by atoms with E-state index in [-0.39, 0.29) is 17.6 Å². The molecule has 0 saturated heterocycles. The quantitative estimate of drug-likeness (QED) is 0.295. The minimum absolute atomic E-state index is 0.0338. The molecule has 2 aliphatic carbocycles. The number of hydrogen-bond acceptors (Lipinski definition) is 4. The van der Waals surface area contributed by atoms with Gasteiger partial charge in [-0.1, -0.05) is 42.3 Å². The number of rotatable bonds is 8. The number of nitrogens with zero attached hydrogens (tertiary/aromatic N) is 3. The van der Waals surface area contributed by atoms with E-state index in [1.165, 1.54) is 19.4 Å². The van der Waals surface area contributed by atoms with Crippen molar-refractivity contribution in [3.63, 3.8) is 0 Å². The molecule has 38 heavy (non-hydrogen) atoms. The highest BCUT2D eigenvalue weighted by atomic mass is 35.5. The summed E-state index contributed by atoms with van der Waals surface area (Å²) in [5, 5.41) is 0.630. The molecule has 5 nitrogen and oxygen atoms in total. The molecule has 1 aromatic heterocycles. The van der Waals surface area contributed by atoms with Gasteiger partial charge in [0.25, 0.3) is 0 Å². The van der Waals surface area contributed by atoms with Crippen molar-refractivity contribution in [2.75, 3.05) is 23.9 Å². The fraction of sp³-hybridized carbons (Fsp3) is 0.344. The molecule has 2 saturated carbocycles. The van der Waals surface area contributed by atoms with Crippen LogP contribution in [0.25, 0.3) is 17.2 Å². The van der Waals surface area contributed by atoms with Crippen molar-refractivity contribution in [2.24, 2.45) is 17.8 Å². The number of allylic oxidation sites excluding steroid dienone is 1. The summed E-state index contributed by atoms with van der Waals surface area (Å²) >= 11 is 6.83. The van der Waals surface area contributed by atoms with E-state index in [2.05, 4.69) is 40.2 Å². The van der Waals surface area contributed by atoms with Crippen molar-refractivity contribution in [1.29, 1.82) is 0 Å². The Hall–Kier alpha value is -3.44. The number of carbonyl (C=O) groups is 2. The molecule has 0 N–H and O–H groups in total. The molecule has 0 spiro atoms. The number of anilines is 2. The van der Waals surface area contributed by atoms with Gasteiger partial charge in [0.2, 0.25) is 5.91 Å². The third-order valence-electron chi connectivity index (χ3n) is 7.99. The Morgan fingerprint density at radius 2 is 1.74 bits per heavy atom. The van der Waals surface area contributed by atoms with Crippen LogP contribution >= 0.6 is 11.6 Å². The topological polar surface area (TPSA) is 53.5 Å². The number of ketones is 1. The van der Waals surface area contributed by atoms with E-state index < -0.39 is 0 Å². The average molecular weight is 528 g/mol. The first-order valence-electron chi connectivity index (χ1n) is 13.3. The largest absolute Gasteiger partial charge is 0.378 e. The Kier molecular flexibility index (Phi) is 7.66. The lowest BCUT2D eigenvalue weighted by Crippen LogP contribution is -2.38. The second-order valence-electron chi connectivity index (χ2n) is 10.9. The minimum Gasteiger partial charge on any atom is -0.378 e. The smallest absolute Gasteiger partial charge is 0.230 e. The molecule has 2 bridgehead atoms. The molecule has 2 aromatic carbocycles. The first-order valence-corrected chi connectivity index (χ1v) is 13.7. The molecule has 3 atom stereocenters. The standard InChI is InChI=1S/C32H34ClN3O2/c1-21(37)4-5-23-15-29(19-34-18-23)36(32(38)30-16-22-6-7-26(30)14-22)20-27-9-8-25(17-31(27)33)24-10-12-28(13-11-24)35(2)3/h4-5,8-13,15,17-19,22,26,30H,6-7,14,16,20H2,1-3H3/b5-4+/t22-,26+,30-/m1/s1. The highest BCUT2D eigenvalue weighted by molar-refractivity contribution is 6.31. The van der Waals surface area contributed by atoms with Crippen molar-refractivity contribution in [3.8, 4) is 11.1 Å². The molecule has 5 rings (SSSR count). The van der Waals surface area contributed by atoms with Gasteiger partial charge in [0.05, 0.1) is 18.4 Å². The van der Waals surface area contributed by atoms with Crippen LogP contribution in [0.15, 0.2) is 67.0 Å². The number of carbonyl (C=O) groups excluding carboxylic acids is 2. The Labute approximate surface area is 230 Å². The lowest BCUT2D eigenvalue weighted by molar-refractivity contribution is -0.124. The molecule has 0 aliphatic heterocycles. The van der Waals surface area contributed by atoms with E-state index in [1.54, 1.807) is 18.5 Å². The summed E-state index contributed by atoms with van der Waals surface area (Å²) in [5.74, 6) is 1.28. The van der Waals surface area contributed by atoms with E-state index in [0.717, 1.165) is 52.9 Å². The van der Waals surface area contributed by atoms with Gasteiger partial charge in [-0.15, -0.1) is 0 Å². The van der Waals surface area contributed by atoms with Crippen molar-refractivity contribution in [2.45, 2.75) is 39.2 Å². The van der Waals surface area contributed by atoms with Crippen LogP contribution in [-0.2, 0) is 16.1 Å². The zero-order valence-electron chi connectivity index (χ0n) is 22.2. The fourth-order valence-electron chi connectivity index (χ4n) is 5.92. The summed E-state index contributed by atoms with van der Waals surface area (Å²) in [6.07, 6.45) is 11.2. The third kappa shape index (κ3) is 5.68. The van der Waals surface area contributed by atoms with Gasteiger partial charge in [-0.05, 0) is 96.7 Å². The SMILES string of the molecule is CC(=O)/C=C/c1cncc(N(Cc2ccc(-c3ccc(N(C)C)cc3)cc2Cl)C(=O)[C@@H]2C[C@@H]3CC[C@H]2C3)c1. The second-order valence-corrected chi connectivity index (χ2v) is 11.3. The Bertz CT molecular complexity index is 1370. The molecule has 1 heterocycles. The van der Waals surface area contributed by atoms with E-state index in [9.17, 15) is 9.59 Å². The van der Waals surface area contributed by atoms with Gasteiger partial charge in [0.15, 0.2) is 5.78 Å². The highest BCUT2D eigenvalue weighted by Crippen LogP contribution is 2.49. The zero-order valence-corrected chi connectivity index (χ0v) is 23.0.